The van der Waals surface area contributed by atoms with Gasteiger partial charge in [0.25, 0.3) is 5.91 Å². The number of nitrogens with one attached hydrogen (secondary N) is 2. The molecule has 1 fully saturated rings. The van der Waals surface area contributed by atoms with Gasteiger partial charge in [-0.05, 0) is 43.1 Å². The van der Waals surface area contributed by atoms with E-state index in [2.05, 4.69) is 17.6 Å². The Labute approximate surface area is 124 Å². The fourth-order valence-corrected chi connectivity index (χ4v) is 2.11. The van der Waals surface area contributed by atoms with E-state index < -0.39 is 0 Å². The Kier molecular flexibility index (Phi) is 6.75. The van der Waals surface area contributed by atoms with Crippen LogP contribution in [0.2, 0.25) is 0 Å². The number of halogens is 2. The van der Waals surface area contributed by atoms with Crippen molar-refractivity contribution < 1.29 is 13.9 Å². The van der Waals surface area contributed by atoms with Gasteiger partial charge in [0, 0.05) is 12.6 Å². The molecule has 20 heavy (non-hydrogen) atoms. The average Bonchev–Trinajstić information content (AvgIpc) is 2.41. The standard InChI is InChI=1S/C14H19FN2O2.ClH/c1-10-6-7-16-8-13(10)17-14(18)9-19-12-4-2-11(15)3-5-12;/h2-5,10,13,16H,6-9H2,1H3,(H,17,18);1H. The van der Waals surface area contributed by atoms with Crippen LogP contribution in [-0.4, -0.2) is 31.6 Å². The van der Waals surface area contributed by atoms with Crippen molar-refractivity contribution in [3.05, 3.63) is 30.1 Å². The van der Waals surface area contributed by atoms with Gasteiger partial charge in [0.15, 0.2) is 6.61 Å². The first-order valence-electron chi connectivity index (χ1n) is 6.53. The van der Waals surface area contributed by atoms with Crippen molar-refractivity contribution in [2.75, 3.05) is 19.7 Å². The molecule has 6 heteroatoms. The number of hydrogen-bond acceptors (Lipinski definition) is 3. The van der Waals surface area contributed by atoms with E-state index in [0.29, 0.717) is 11.7 Å². The van der Waals surface area contributed by atoms with E-state index in [1.54, 1.807) is 0 Å². The zero-order chi connectivity index (χ0) is 13.7. The maximum Gasteiger partial charge on any atom is 0.258 e. The highest BCUT2D eigenvalue weighted by Gasteiger charge is 2.22. The van der Waals surface area contributed by atoms with Crippen LogP contribution in [0.4, 0.5) is 4.39 Å². The van der Waals surface area contributed by atoms with Gasteiger partial charge in [-0.3, -0.25) is 4.79 Å². The Morgan fingerprint density at radius 1 is 1.45 bits per heavy atom. The van der Waals surface area contributed by atoms with Crippen LogP contribution >= 0.6 is 12.4 Å². The fraction of sp³-hybridized carbons (Fsp3) is 0.500. The van der Waals surface area contributed by atoms with Gasteiger partial charge >= 0.3 is 0 Å². The first kappa shape index (κ1) is 16.7. The maximum absolute atomic E-state index is 12.7. The van der Waals surface area contributed by atoms with E-state index in [1.807, 2.05) is 0 Å². The molecule has 0 aromatic heterocycles. The van der Waals surface area contributed by atoms with Crippen molar-refractivity contribution in [3.63, 3.8) is 0 Å². The van der Waals surface area contributed by atoms with Crippen LogP contribution in [0.25, 0.3) is 0 Å². The van der Waals surface area contributed by atoms with Crippen LogP contribution in [0.15, 0.2) is 24.3 Å². The number of hydrogen-bond donors (Lipinski definition) is 2. The highest BCUT2D eigenvalue weighted by atomic mass is 35.5. The molecule has 1 heterocycles. The molecule has 1 saturated heterocycles. The zero-order valence-electron chi connectivity index (χ0n) is 11.4. The Bertz CT molecular complexity index is 428. The number of benzene rings is 1. The molecular formula is C14H20ClFN2O2. The lowest BCUT2D eigenvalue weighted by molar-refractivity contribution is -0.124. The van der Waals surface area contributed by atoms with Crippen molar-refractivity contribution >= 4 is 18.3 Å². The maximum atomic E-state index is 12.7. The number of ether oxygens (including phenoxy) is 1. The van der Waals surface area contributed by atoms with Gasteiger partial charge in [0.2, 0.25) is 0 Å². The predicted octanol–water partition coefficient (Wildman–Crippen LogP) is 1.74. The average molecular weight is 303 g/mol. The highest BCUT2D eigenvalue weighted by Crippen LogP contribution is 2.12. The first-order chi connectivity index (χ1) is 9.15. The summed E-state index contributed by atoms with van der Waals surface area (Å²) in [6, 6.07) is 5.78. The van der Waals surface area contributed by atoms with Crippen molar-refractivity contribution in [1.29, 1.82) is 0 Å². The quantitative estimate of drug-likeness (QED) is 0.891. The molecule has 0 aliphatic carbocycles. The van der Waals surface area contributed by atoms with Crippen LogP contribution in [0.3, 0.4) is 0 Å². The van der Waals surface area contributed by atoms with Crippen LogP contribution in [0.5, 0.6) is 5.75 Å². The lowest BCUT2D eigenvalue weighted by atomic mass is 9.95. The summed E-state index contributed by atoms with van der Waals surface area (Å²) in [5, 5.41) is 6.20. The first-order valence-corrected chi connectivity index (χ1v) is 6.53. The SMILES string of the molecule is CC1CCNCC1NC(=O)COc1ccc(F)cc1.Cl. The second-order valence-corrected chi connectivity index (χ2v) is 4.89. The molecule has 0 spiro atoms. The van der Waals surface area contributed by atoms with Crippen molar-refractivity contribution in [3.8, 4) is 5.75 Å². The van der Waals surface area contributed by atoms with E-state index in [-0.39, 0.29) is 36.8 Å². The molecule has 2 N–H and O–H groups in total. The monoisotopic (exact) mass is 302 g/mol. The Morgan fingerprint density at radius 3 is 2.80 bits per heavy atom. The van der Waals surface area contributed by atoms with Crippen molar-refractivity contribution in [2.24, 2.45) is 5.92 Å². The molecule has 1 amide bonds. The molecule has 0 radical (unpaired) electrons. The fourth-order valence-electron chi connectivity index (χ4n) is 2.11. The third-order valence-corrected chi connectivity index (χ3v) is 3.36. The molecule has 1 aliphatic rings. The lowest BCUT2D eigenvalue weighted by Crippen LogP contribution is -2.51. The summed E-state index contributed by atoms with van der Waals surface area (Å²) in [6.07, 6.45) is 1.06. The van der Waals surface area contributed by atoms with Crippen LogP contribution in [-0.2, 0) is 4.79 Å². The molecular weight excluding hydrogens is 283 g/mol. The topological polar surface area (TPSA) is 50.4 Å². The summed E-state index contributed by atoms with van der Waals surface area (Å²) in [6.45, 7) is 3.88. The Hall–Kier alpha value is -1.33. The molecule has 0 bridgehead atoms. The summed E-state index contributed by atoms with van der Waals surface area (Å²) in [4.78, 5) is 11.8. The number of carbonyl (C=O) groups is 1. The van der Waals surface area contributed by atoms with Crippen molar-refractivity contribution in [1.82, 2.24) is 10.6 Å². The van der Waals surface area contributed by atoms with Crippen LogP contribution in [0.1, 0.15) is 13.3 Å². The molecule has 0 saturated carbocycles. The van der Waals surface area contributed by atoms with E-state index in [0.717, 1.165) is 19.5 Å². The van der Waals surface area contributed by atoms with Crippen LogP contribution < -0.4 is 15.4 Å². The van der Waals surface area contributed by atoms with Gasteiger partial charge in [-0.2, -0.15) is 0 Å². The Balaban J connectivity index is 0.00000200. The van der Waals surface area contributed by atoms with Gasteiger partial charge in [-0.1, -0.05) is 6.92 Å². The van der Waals surface area contributed by atoms with E-state index in [4.69, 9.17) is 4.74 Å². The molecule has 1 aromatic carbocycles. The van der Waals surface area contributed by atoms with Gasteiger partial charge in [0.1, 0.15) is 11.6 Å². The highest BCUT2D eigenvalue weighted by molar-refractivity contribution is 5.85. The number of amides is 1. The number of carbonyl (C=O) groups excluding carboxylic acids is 1. The molecule has 1 aromatic rings. The zero-order valence-corrected chi connectivity index (χ0v) is 12.2. The number of rotatable bonds is 4. The molecule has 4 nitrogen and oxygen atoms in total. The second kappa shape index (κ2) is 8.07. The van der Waals surface area contributed by atoms with Gasteiger partial charge in [0.05, 0.1) is 0 Å². The third-order valence-electron chi connectivity index (χ3n) is 3.36. The molecule has 112 valence electrons. The minimum Gasteiger partial charge on any atom is -0.484 e. The smallest absolute Gasteiger partial charge is 0.258 e. The van der Waals surface area contributed by atoms with E-state index >= 15 is 0 Å². The normalized spacial score (nSPS) is 21.7. The molecule has 2 rings (SSSR count). The van der Waals surface area contributed by atoms with Crippen molar-refractivity contribution in [2.45, 2.75) is 19.4 Å². The van der Waals surface area contributed by atoms with Gasteiger partial charge in [-0.25, -0.2) is 4.39 Å². The van der Waals surface area contributed by atoms with Crippen LogP contribution in [0, 0.1) is 11.7 Å². The van der Waals surface area contributed by atoms with Gasteiger partial charge < -0.3 is 15.4 Å². The second-order valence-electron chi connectivity index (χ2n) is 4.89. The summed E-state index contributed by atoms with van der Waals surface area (Å²) in [5.74, 6) is 0.492. The summed E-state index contributed by atoms with van der Waals surface area (Å²) < 4.78 is 18.0. The molecule has 1 aliphatic heterocycles. The largest absolute Gasteiger partial charge is 0.484 e. The molecule has 2 atom stereocenters. The summed E-state index contributed by atoms with van der Waals surface area (Å²) in [7, 11) is 0. The molecule has 2 unspecified atom stereocenters. The summed E-state index contributed by atoms with van der Waals surface area (Å²) in [5.41, 5.74) is 0. The summed E-state index contributed by atoms with van der Waals surface area (Å²) >= 11 is 0. The Morgan fingerprint density at radius 2 is 2.15 bits per heavy atom. The van der Waals surface area contributed by atoms with E-state index in [9.17, 15) is 9.18 Å². The predicted molar refractivity (Wildman–Crippen MR) is 77.7 cm³/mol. The van der Waals surface area contributed by atoms with E-state index in [1.165, 1.54) is 24.3 Å². The van der Waals surface area contributed by atoms with Gasteiger partial charge in [-0.15, -0.1) is 12.4 Å². The lowest BCUT2D eigenvalue weighted by Gasteiger charge is -2.30. The number of piperidine rings is 1. The third kappa shape index (κ3) is 4.98. The minimum absolute atomic E-state index is 0. The minimum atomic E-state index is -0.320.